The van der Waals surface area contributed by atoms with E-state index >= 15 is 0 Å². The van der Waals surface area contributed by atoms with Gasteiger partial charge in [-0.3, -0.25) is 9.36 Å². The van der Waals surface area contributed by atoms with E-state index in [1.54, 1.807) is 10.6 Å². The van der Waals surface area contributed by atoms with E-state index in [0.29, 0.717) is 29.9 Å². The van der Waals surface area contributed by atoms with Gasteiger partial charge >= 0.3 is 0 Å². The predicted molar refractivity (Wildman–Crippen MR) is 81.3 cm³/mol. The summed E-state index contributed by atoms with van der Waals surface area (Å²) in [6.45, 7) is 6.87. The fourth-order valence-corrected chi connectivity index (χ4v) is 2.50. The number of hydrogen-bond acceptors (Lipinski definition) is 3. The van der Waals surface area contributed by atoms with Crippen LogP contribution in [0.2, 0.25) is 0 Å². The van der Waals surface area contributed by atoms with Gasteiger partial charge in [0.15, 0.2) is 0 Å². The molecule has 0 aliphatic rings. The summed E-state index contributed by atoms with van der Waals surface area (Å²) in [5.41, 5.74) is 0.168. The number of nitrogens with zero attached hydrogens (tertiary/aromatic N) is 2. The van der Waals surface area contributed by atoms with Crippen LogP contribution in [-0.4, -0.2) is 21.8 Å². The molecule has 0 aliphatic heterocycles. The average molecular weight is 295 g/mol. The van der Waals surface area contributed by atoms with Crippen LogP contribution in [-0.2, 0) is 17.2 Å². The smallest absolute Gasteiger partial charge is 0.261 e. The van der Waals surface area contributed by atoms with Crippen LogP contribution >= 0.6 is 11.6 Å². The minimum Gasteiger partial charge on any atom is -0.374 e. The lowest BCUT2D eigenvalue weighted by molar-refractivity contribution is -0.0235. The number of halogens is 1. The van der Waals surface area contributed by atoms with Crippen LogP contribution in [0, 0.1) is 0 Å². The first kappa shape index (κ1) is 15.0. The Morgan fingerprint density at radius 1 is 1.35 bits per heavy atom. The maximum atomic E-state index is 12.6. The molecular weight excluding hydrogens is 276 g/mol. The van der Waals surface area contributed by atoms with E-state index in [9.17, 15) is 4.79 Å². The lowest BCUT2D eigenvalue weighted by Crippen LogP contribution is -2.37. The van der Waals surface area contributed by atoms with Crippen molar-refractivity contribution in [2.75, 3.05) is 6.61 Å². The first-order valence-corrected chi connectivity index (χ1v) is 7.20. The van der Waals surface area contributed by atoms with Crippen LogP contribution in [0.3, 0.4) is 0 Å². The Balaban J connectivity index is 2.57. The molecule has 0 atom stereocenters. The molecule has 20 heavy (non-hydrogen) atoms. The molecule has 1 heterocycles. The highest BCUT2D eigenvalue weighted by atomic mass is 35.5. The van der Waals surface area contributed by atoms with E-state index in [2.05, 4.69) is 4.98 Å². The maximum absolute atomic E-state index is 12.6. The van der Waals surface area contributed by atoms with E-state index in [4.69, 9.17) is 16.3 Å². The van der Waals surface area contributed by atoms with Gasteiger partial charge in [0.25, 0.3) is 5.56 Å². The molecule has 0 saturated heterocycles. The van der Waals surface area contributed by atoms with Crippen molar-refractivity contribution in [2.24, 2.45) is 0 Å². The molecule has 0 saturated carbocycles. The second-order valence-electron chi connectivity index (χ2n) is 5.26. The van der Waals surface area contributed by atoms with Gasteiger partial charge in [0.2, 0.25) is 0 Å². The molecule has 1 aromatic carbocycles. The van der Waals surface area contributed by atoms with Crippen LogP contribution in [0.1, 0.15) is 26.6 Å². The minimum absolute atomic E-state index is 0.0703. The quantitative estimate of drug-likeness (QED) is 0.796. The number of alkyl halides is 1. The Labute approximate surface area is 123 Å². The van der Waals surface area contributed by atoms with Gasteiger partial charge in [0, 0.05) is 6.61 Å². The molecular formula is C15H19ClN2O2. The zero-order chi connectivity index (χ0) is 14.8. The Bertz CT molecular complexity index is 664. The molecule has 0 radical (unpaired) electrons. The third-order valence-electron chi connectivity index (χ3n) is 3.13. The van der Waals surface area contributed by atoms with E-state index in [1.165, 1.54) is 0 Å². The van der Waals surface area contributed by atoms with E-state index < -0.39 is 5.60 Å². The van der Waals surface area contributed by atoms with Crippen molar-refractivity contribution in [3.8, 4) is 0 Å². The molecule has 0 bridgehead atoms. The molecule has 5 heteroatoms. The summed E-state index contributed by atoms with van der Waals surface area (Å²) >= 11 is 5.95. The zero-order valence-electron chi connectivity index (χ0n) is 12.0. The average Bonchev–Trinajstić information content (AvgIpc) is 2.41. The number of ether oxygens (including phenoxy) is 1. The van der Waals surface area contributed by atoms with Gasteiger partial charge < -0.3 is 4.74 Å². The third-order valence-corrected chi connectivity index (χ3v) is 3.37. The predicted octanol–water partition coefficient (Wildman–Crippen LogP) is 2.95. The number of rotatable bonds is 5. The minimum atomic E-state index is -0.441. The molecule has 1 aromatic heterocycles. The summed E-state index contributed by atoms with van der Waals surface area (Å²) in [5.74, 6) is 0.769. The van der Waals surface area contributed by atoms with Crippen molar-refractivity contribution in [1.82, 2.24) is 9.55 Å². The highest BCUT2D eigenvalue weighted by molar-refractivity contribution is 6.16. The highest BCUT2D eigenvalue weighted by Crippen LogP contribution is 2.15. The molecule has 2 rings (SSSR count). The topological polar surface area (TPSA) is 44.1 Å². The fourth-order valence-electron chi connectivity index (χ4n) is 2.30. The second-order valence-corrected chi connectivity index (χ2v) is 5.53. The molecule has 108 valence electrons. The van der Waals surface area contributed by atoms with Gasteiger partial charge in [0.1, 0.15) is 5.82 Å². The molecule has 4 nitrogen and oxygen atoms in total. The number of fused-ring (bicyclic) bond motifs is 1. The molecule has 0 spiro atoms. The SMILES string of the molecule is CCOC(C)(C)Cn1c(CCl)nc2ccccc2c1=O. The molecule has 0 fully saturated rings. The Morgan fingerprint density at radius 3 is 2.70 bits per heavy atom. The lowest BCUT2D eigenvalue weighted by atomic mass is 10.1. The van der Waals surface area contributed by atoms with Crippen molar-refractivity contribution in [3.63, 3.8) is 0 Å². The van der Waals surface area contributed by atoms with Crippen molar-refractivity contribution < 1.29 is 4.74 Å². The van der Waals surface area contributed by atoms with Crippen LogP contribution in [0.15, 0.2) is 29.1 Å². The van der Waals surface area contributed by atoms with Gasteiger partial charge in [-0.2, -0.15) is 0 Å². The van der Waals surface area contributed by atoms with Crippen molar-refractivity contribution in [3.05, 3.63) is 40.4 Å². The Kier molecular flexibility index (Phi) is 4.45. The van der Waals surface area contributed by atoms with Crippen LogP contribution in [0.5, 0.6) is 0 Å². The first-order valence-electron chi connectivity index (χ1n) is 6.67. The van der Waals surface area contributed by atoms with E-state index in [-0.39, 0.29) is 11.4 Å². The molecule has 0 N–H and O–H groups in total. The van der Waals surface area contributed by atoms with E-state index in [1.807, 2.05) is 39.0 Å². The number of para-hydroxylation sites is 1. The number of benzene rings is 1. The summed E-state index contributed by atoms with van der Waals surface area (Å²) in [6, 6.07) is 7.31. The van der Waals surface area contributed by atoms with Gasteiger partial charge in [0.05, 0.1) is 28.9 Å². The van der Waals surface area contributed by atoms with Gasteiger partial charge in [-0.05, 0) is 32.9 Å². The molecule has 0 unspecified atom stereocenters. The summed E-state index contributed by atoms with van der Waals surface area (Å²) < 4.78 is 7.29. The fraction of sp³-hybridized carbons (Fsp3) is 0.467. The van der Waals surface area contributed by atoms with Crippen LogP contribution in [0.4, 0.5) is 0 Å². The van der Waals surface area contributed by atoms with Crippen molar-refractivity contribution >= 4 is 22.5 Å². The standard InChI is InChI=1S/C15H19ClN2O2/c1-4-20-15(2,3)10-18-13(9-16)17-12-8-6-5-7-11(12)14(18)19/h5-8H,4,9-10H2,1-3H3. The summed E-state index contributed by atoms with van der Waals surface area (Å²) in [7, 11) is 0. The summed E-state index contributed by atoms with van der Waals surface area (Å²) in [5, 5.41) is 0.605. The van der Waals surface area contributed by atoms with E-state index in [0.717, 1.165) is 0 Å². The molecule has 0 aliphatic carbocycles. The monoisotopic (exact) mass is 294 g/mol. The lowest BCUT2D eigenvalue weighted by Gasteiger charge is -2.26. The number of aromatic nitrogens is 2. The third kappa shape index (κ3) is 3.02. The largest absolute Gasteiger partial charge is 0.374 e. The molecule has 0 amide bonds. The highest BCUT2D eigenvalue weighted by Gasteiger charge is 2.22. The molecule has 2 aromatic rings. The van der Waals surface area contributed by atoms with Gasteiger partial charge in [-0.1, -0.05) is 12.1 Å². The Hall–Kier alpha value is -1.39. The summed E-state index contributed by atoms with van der Waals surface area (Å²) in [4.78, 5) is 17.1. The van der Waals surface area contributed by atoms with Gasteiger partial charge in [-0.15, -0.1) is 11.6 Å². The summed E-state index contributed by atoms with van der Waals surface area (Å²) in [6.07, 6.45) is 0. The van der Waals surface area contributed by atoms with Gasteiger partial charge in [-0.25, -0.2) is 4.98 Å². The second kappa shape index (κ2) is 5.94. The van der Waals surface area contributed by atoms with Crippen molar-refractivity contribution in [2.45, 2.75) is 38.8 Å². The number of hydrogen-bond donors (Lipinski definition) is 0. The van der Waals surface area contributed by atoms with Crippen LogP contribution in [0.25, 0.3) is 10.9 Å². The first-order chi connectivity index (χ1) is 9.48. The van der Waals surface area contributed by atoms with Crippen molar-refractivity contribution in [1.29, 1.82) is 0 Å². The maximum Gasteiger partial charge on any atom is 0.261 e. The zero-order valence-corrected chi connectivity index (χ0v) is 12.8. The Morgan fingerprint density at radius 2 is 2.05 bits per heavy atom. The van der Waals surface area contributed by atoms with Crippen LogP contribution < -0.4 is 5.56 Å². The normalized spacial score (nSPS) is 12.0.